The van der Waals surface area contributed by atoms with Gasteiger partial charge in [0.05, 0.1) is 5.39 Å². The Morgan fingerprint density at radius 1 is 1.19 bits per heavy atom. The summed E-state index contributed by atoms with van der Waals surface area (Å²) in [6, 6.07) is 15.0. The zero-order valence-electron chi connectivity index (χ0n) is 11.3. The van der Waals surface area contributed by atoms with E-state index in [4.69, 9.17) is 11.6 Å². The first-order chi connectivity index (χ1) is 10.1. The summed E-state index contributed by atoms with van der Waals surface area (Å²) >= 11 is 8.29. The van der Waals surface area contributed by atoms with Crippen LogP contribution >= 0.6 is 34.2 Å². The second-order valence-corrected chi connectivity index (χ2v) is 7.06. The van der Waals surface area contributed by atoms with Gasteiger partial charge in [-0.3, -0.25) is 0 Å². The third kappa shape index (κ3) is 2.70. The molecule has 0 aliphatic heterocycles. The second kappa shape index (κ2) is 5.77. The van der Waals surface area contributed by atoms with E-state index in [2.05, 4.69) is 27.6 Å². The Balaban J connectivity index is 2.44. The number of benzene rings is 2. The number of hydrogen-bond acceptors (Lipinski definition) is 2. The predicted octanol–water partition coefficient (Wildman–Crippen LogP) is 4.68. The lowest BCUT2D eigenvalue weighted by Crippen LogP contribution is -2.36. The zero-order valence-corrected chi connectivity index (χ0v) is 14.2. The van der Waals surface area contributed by atoms with Crippen LogP contribution in [-0.4, -0.2) is 4.98 Å². The highest BCUT2D eigenvalue weighted by Crippen LogP contribution is 2.29. The predicted molar refractivity (Wildman–Crippen MR) is 93.6 cm³/mol. The van der Waals surface area contributed by atoms with Gasteiger partial charge in [0.2, 0.25) is 0 Å². The smallest absolute Gasteiger partial charge is 0.315 e. The molecule has 0 spiro atoms. The summed E-state index contributed by atoms with van der Waals surface area (Å²) < 4.78 is 0.938. The molecule has 0 radical (unpaired) electrons. The molecule has 106 valence electrons. The van der Waals surface area contributed by atoms with Gasteiger partial charge in [-0.2, -0.15) is 0 Å². The molecule has 21 heavy (non-hydrogen) atoms. The molecule has 5 heteroatoms. The Morgan fingerprint density at radius 3 is 2.57 bits per heavy atom. The third-order valence-electron chi connectivity index (χ3n) is 3.26. The van der Waals surface area contributed by atoms with Crippen LogP contribution in [0.1, 0.15) is 16.7 Å². The minimum Gasteiger partial charge on any atom is -0.710 e. The Hall–Kier alpha value is -1.40. The molecule has 3 nitrogen and oxygen atoms in total. The number of nitrogens with zero attached hydrogens (tertiary/aromatic N) is 2. The molecule has 0 aliphatic carbocycles. The zero-order chi connectivity index (χ0) is 15.0. The van der Waals surface area contributed by atoms with Crippen molar-refractivity contribution in [3.63, 3.8) is 0 Å². The molecule has 0 bridgehead atoms. The van der Waals surface area contributed by atoms with Crippen LogP contribution in [0.2, 0.25) is 5.02 Å². The minimum atomic E-state index is 0.0163. The lowest BCUT2D eigenvalue weighted by Gasteiger charge is -2.15. The first-order valence-corrected chi connectivity index (χ1v) is 8.12. The number of aromatic nitrogens is 2. The molecule has 0 saturated heterocycles. The van der Waals surface area contributed by atoms with Crippen LogP contribution in [0.25, 0.3) is 22.2 Å². The fourth-order valence-corrected chi connectivity index (χ4v) is 2.87. The van der Waals surface area contributed by atoms with Crippen LogP contribution in [-0.2, 0) is 0 Å². The van der Waals surface area contributed by atoms with Crippen LogP contribution in [0.5, 0.6) is 0 Å². The standard InChI is InChI=1S/C16H12ClIN2O/c1-10(18)16-19-14-8-7-12(17)9-13(14)15(20(16)21)11-5-3-2-4-6-11/h2-10H,1H3. The van der Waals surface area contributed by atoms with Crippen molar-refractivity contribution in [3.05, 3.63) is 64.6 Å². The molecular weight excluding hydrogens is 399 g/mol. The van der Waals surface area contributed by atoms with Gasteiger partial charge >= 0.3 is 5.82 Å². The van der Waals surface area contributed by atoms with Crippen molar-refractivity contribution in [3.8, 4) is 11.3 Å². The first kappa shape index (κ1) is 14.5. The van der Waals surface area contributed by atoms with Crippen molar-refractivity contribution < 1.29 is 4.73 Å². The maximum Gasteiger partial charge on any atom is 0.315 e. The van der Waals surface area contributed by atoms with E-state index >= 15 is 0 Å². The van der Waals surface area contributed by atoms with Crippen molar-refractivity contribution in [1.29, 1.82) is 0 Å². The quantitative estimate of drug-likeness (QED) is 0.266. The number of fused-ring (bicyclic) bond motifs is 1. The number of halogens is 2. The van der Waals surface area contributed by atoms with E-state index in [1.54, 1.807) is 12.1 Å². The molecule has 0 saturated carbocycles. The minimum absolute atomic E-state index is 0.0163. The normalized spacial score (nSPS) is 12.5. The number of hydrogen-bond donors (Lipinski definition) is 0. The number of rotatable bonds is 2. The maximum absolute atomic E-state index is 12.7. The average Bonchev–Trinajstić information content (AvgIpc) is 2.47. The molecule has 0 N–H and O–H groups in total. The molecule has 0 aliphatic rings. The van der Waals surface area contributed by atoms with Crippen LogP contribution in [0.4, 0.5) is 0 Å². The van der Waals surface area contributed by atoms with Gasteiger partial charge in [0.1, 0.15) is 9.62 Å². The van der Waals surface area contributed by atoms with E-state index < -0.39 is 0 Å². The highest BCUT2D eigenvalue weighted by molar-refractivity contribution is 14.1. The molecule has 3 aromatic rings. The van der Waals surface area contributed by atoms with Gasteiger partial charge in [-0.05, 0) is 30.1 Å². The van der Waals surface area contributed by atoms with Crippen LogP contribution in [0.15, 0.2) is 48.5 Å². The molecule has 0 amide bonds. The largest absolute Gasteiger partial charge is 0.710 e. The Kier molecular flexibility index (Phi) is 3.99. The van der Waals surface area contributed by atoms with Crippen LogP contribution in [0.3, 0.4) is 0 Å². The molecule has 2 aromatic carbocycles. The molecule has 0 fully saturated rings. The fraction of sp³-hybridized carbons (Fsp3) is 0.125. The van der Waals surface area contributed by atoms with Crippen LogP contribution < -0.4 is 4.73 Å². The lowest BCUT2D eigenvalue weighted by atomic mass is 10.1. The summed E-state index contributed by atoms with van der Waals surface area (Å²) in [5.41, 5.74) is 2.24. The highest BCUT2D eigenvalue weighted by atomic mass is 127. The summed E-state index contributed by atoms with van der Waals surface area (Å²) in [5.74, 6) is 0.504. The van der Waals surface area contributed by atoms with Crippen molar-refractivity contribution in [2.45, 2.75) is 10.8 Å². The Morgan fingerprint density at radius 2 is 1.90 bits per heavy atom. The molecule has 1 atom stereocenters. The van der Waals surface area contributed by atoms with Gasteiger partial charge in [0.15, 0.2) is 5.52 Å². The van der Waals surface area contributed by atoms with Crippen molar-refractivity contribution in [2.75, 3.05) is 0 Å². The van der Waals surface area contributed by atoms with E-state index in [1.807, 2.05) is 43.3 Å². The fourth-order valence-electron chi connectivity index (χ4n) is 2.31. The molecular formula is C16H12ClIN2O. The SMILES string of the molecule is CC(I)c1nc2ccc(Cl)cc2c(-c2ccccc2)[n+]1[O-]. The Bertz CT molecular complexity index is 806. The van der Waals surface area contributed by atoms with Gasteiger partial charge in [0, 0.05) is 10.6 Å². The summed E-state index contributed by atoms with van der Waals surface area (Å²) in [6.07, 6.45) is 0. The van der Waals surface area contributed by atoms with Crippen molar-refractivity contribution in [2.24, 2.45) is 0 Å². The van der Waals surface area contributed by atoms with Gasteiger partial charge in [-0.15, -0.1) is 0 Å². The van der Waals surface area contributed by atoms with Gasteiger partial charge in [-0.25, -0.2) is 4.73 Å². The third-order valence-corrected chi connectivity index (χ3v) is 4.06. The van der Waals surface area contributed by atoms with E-state index in [0.29, 0.717) is 16.5 Å². The van der Waals surface area contributed by atoms with Gasteiger partial charge in [0.25, 0.3) is 0 Å². The molecule has 1 heterocycles. The lowest BCUT2D eigenvalue weighted by molar-refractivity contribution is -0.604. The van der Waals surface area contributed by atoms with Crippen molar-refractivity contribution >= 4 is 45.1 Å². The maximum atomic E-state index is 12.7. The van der Waals surface area contributed by atoms with E-state index in [9.17, 15) is 5.21 Å². The average molecular weight is 411 g/mol. The molecule has 3 rings (SSSR count). The van der Waals surface area contributed by atoms with E-state index in [-0.39, 0.29) is 3.92 Å². The topological polar surface area (TPSA) is 39.8 Å². The van der Waals surface area contributed by atoms with E-state index in [0.717, 1.165) is 21.2 Å². The van der Waals surface area contributed by atoms with Crippen molar-refractivity contribution in [1.82, 2.24) is 4.98 Å². The monoisotopic (exact) mass is 410 g/mol. The van der Waals surface area contributed by atoms with E-state index in [1.165, 1.54) is 0 Å². The van der Waals surface area contributed by atoms with Crippen LogP contribution in [0, 0.1) is 5.21 Å². The summed E-state index contributed by atoms with van der Waals surface area (Å²) in [5, 5.41) is 14.1. The van der Waals surface area contributed by atoms with Gasteiger partial charge < -0.3 is 5.21 Å². The highest BCUT2D eigenvalue weighted by Gasteiger charge is 2.22. The molecule has 1 aromatic heterocycles. The van der Waals surface area contributed by atoms with Gasteiger partial charge in [-0.1, -0.05) is 64.5 Å². The second-order valence-electron chi connectivity index (χ2n) is 4.76. The summed E-state index contributed by atoms with van der Waals surface area (Å²) in [6.45, 7) is 1.95. The number of alkyl halides is 1. The first-order valence-electron chi connectivity index (χ1n) is 6.50. The Labute approximate surface area is 141 Å². The summed E-state index contributed by atoms with van der Waals surface area (Å²) in [7, 11) is 0. The summed E-state index contributed by atoms with van der Waals surface area (Å²) in [4.78, 5) is 4.49. The molecule has 1 unspecified atom stereocenters.